The van der Waals surface area contributed by atoms with Crippen LogP contribution < -0.4 is 0 Å². The van der Waals surface area contributed by atoms with Crippen LogP contribution in [0.3, 0.4) is 0 Å². The van der Waals surface area contributed by atoms with Gasteiger partial charge in [-0.2, -0.15) is 0 Å². The summed E-state index contributed by atoms with van der Waals surface area (Å²) in [7, 11) is 0. The Labute approximate surface area is 72.7 Å². The molecule has 0 heterocycles. The van der Waals surface area contributed by atoms with E-state index < -0.39 is 0 Å². The summed E-state index contributed by atoms with van der Waals surface area (Å²) in [5, 5.41) is 0. The van der Waals surface area contributed by atoms with E-state index >= 15 is 0 Å². The fourth-order valence-corrected chi connectivity index (χ4v) is 0.999. The molecule has 0 bridgehead atoms. The fraction of sp³-hybridized carbons (Fsp3) is 0.182. The number of carbonyl (C=O) groups excluding carboxylic acids is 1. The zero-order chi connectivity index (χ0) is 8.97. The molecule has 0 N–H and O–H groups in total. The zero-order valence-electron chi connectivity index (χ0n) is 7.29. The molecule has 1 heteroatoms. The maximum atomic E-state index is 9.92. The Kier molecular flexibility index (Phi) is 2.81. The van der Waals surface area contributed by atoms with Crippen molar-refractivity contribution in [3.8, 4) is 0 Å². The van der Waals surface area contributed by atoms with Gasteiger partial charge in [0.1, 0.15) is 0 Å². The lowest BCUT2D eigenvalue weighted by Gasteiger charge is -1.99. The van der Waals surface area contributed by atoms with Crippen molar-refractivity contribution in [2.75, 3.05) is 0 Å². The second kappa shape index (κ2) is 3.86. The summed E-state index contributed by atoms with van der Waals surface area (Å²) >= 11 is 0. The van der Waals surface area contributed by atoms with Crippen LogP contribution in [-0.4, -0.2) is 6.29 Å². The molecular formula is C11H11O. The summed E-state index contributed by atoms with van der Waals surface area (Å²) in [5.41, 5.74) is 3.55. The van der Waals surface area contributed by atoms with Crippen LogP contribution in [0.4, 0.5) is 0 Å². The van der Waals surface area contributed by atoms with Crippen LogP contribution in [0.1, 0.15) is 16.7 Å². The van der Waals surface area contributed by atoms with Gasteiger partial charge in [0.2, 0.25) is 6.29 Å². The summed E-state index contributed by atoms with van der Waals surface area (Å²) in [5.74, 6) is 0. The third kappa shape index (κ3) is 2.06. The highest BCUT2D eigenvalue weighted by molar-refractivity contribution is 5.74. The van der Waals surface area contributed by atoms with E-state index in [9.17, 15) is 4.79 Å². The summed E-state index contributed by atoms with van der Waals surface area (Å²) in [4.78, 5) is 9.92. The van der Waals surface area contributed by atoms with Crippen LogP contribution in [-0.2, 0) is 4.79 Å². The lowest BCUT2D eigenvalue weighted by Crippen LogP contribution is -1.81. The first kappa shape index (κ1) is 8.72. The highest BCUT2D eigenvalue weighted by Crippen LogP contribution is 2.10. The van der Waals surface area contributed by atoms with Crippen LogP contribution in [0.25, 0.3) is 6.08 Å². The van der Waals surface area contributed by atoms with Gasteiger partial charge in [-0.3, -0.25) is 4.79 Å². The van der Waals surface area contributed by atoms with Gasteiger partial charge in [0.25, 0.3) is 0 Å². The minimum Gasteiger partial charge on any atom is -0.286 e. The molecule has 0 aliphatic rings. The van der Waals surface area contributed by atoms with E-state index in [1.807, 2.05) is 18.2 Å². The summed E-state index contributed by atoms with van der Waals surface area (Å²) in [6.07, 6.45) is 4.85. The second-order valence-corrected chi connectivity index (χ2v) is 2.79. The molecule has 0 aromatic heterocycles. The Hall–Kier alpha value is -1.37. The Bertz CT molecular complexity index is 311. The number of benzene rings is 1. The van der Waals surface area contributed by atoms with Crippen molar-refractivity contribution >= 4 is 12.4 Å². The standard InChI is InChI=1S/C11H11O/c1-9-5-6-11(4-3-7-12)8-10(9)2/h3-6,8H,1-2H3/b4-3+. The first-order chi connectivity index (χ1) is 5.74. The molecule has 1 radical (unpaired) electrons. The van der Waals surface area contributed by atoms with Gasteiger partial charge in [-0.15, -0.1) is 0 Å². The minimum absolute atomic E-state index is 1.04. The number of hydrogen-bond donors (Lipinski definition) is 0. The largest absolute Gasteiger partial charge is 0.286 e. The highest BCUT2D eigenvalue weighted by Gasteiger charge is 1.91. The molecule has 12 heavy (non-hydrogen) atoms. The van der Waals surface area contributed by atoms with Gasteiger partial charge in [-0.25, -0.2) is 0 Å². The van der Waals surface area contributed by atoms with Crippen molar-refractivity contribution in [2.24, 2.45) is 0 Å². The van der Waals surface area contributed by atoms with E-state index in [0.29, 0.717) is 0 Å². The summed E-state index contributed by atoms with van der Waals surface area (Å²) in [6.45, 7) is 4.12. The molecule has 1 rings (SSSR count). The van der Waals surface area contributed by atoms with Gasteiger partial charge in [0, 0.05) is 0 Å². The second-order valence-electron chi connectivity index (χ2n) is 2.79. The predicted octanol–water partition coefficient (Wildman–Crippen LogP) is 2.43. The van der Waals surface area contributed by atoms with E-state index in [0.717, 1.165) is 5.56 Å². The monoisotopic (exact) mass is 159 g/mol. The van der Waals surface area contributed by atoms with E-state index in [1.165, 1.54) is 17.2 Å². The Morgan fingerprint density at radius 2 is 2.00 bits per heavy atom. The van der Waals surface area contributed by atoms with E-state index in [-0.39, 0.29) is 0 Å². The average molecular weight is 159 g/mol. The fourth-order valence-electron chi connectivity index (χ4n) is 0.999. The van der Waals surface area contributed by atoms with E-state index in [2.05, 4.69) is 13.8 Å². The molecule has 0 fully saturated rings. The van der Waals surface area contributed by atoms with Crippen molar-refractivity contribution in [3.05, 3.63) is 41.0 Å². The highest BCUT2D eigenvalue weighted by atomic mass is 16.1. The van der Waals surface area contributed by atoms with Crippen molar-refractivity contribution in [3.63, 3.8) is 0 Å². The number of allylic oxidation sites excluding steroid dienone is 1. The first-order valence-corrected chi connectivity index (χ1v) is 3.85. The Balaban J connectivity index is 2.96. The normalized spacial score (nSPS) is 10.5. The first-order valence-electron chi connectivity index (χ1n) is 3.85. The molecule has 0 aliphatic heterocycles. The molecule has 0 saturated carbocycles. The van der Waals surface area contributed by atoms with Crippen molar-refractivity contribution in [1.29, 1.82) is 0 Å². The summed E-state index contributed by atoms with van der Waals surface area (Å²) < 4.78 is 0. The number of hydrogen-bond acceptors (Lipinski definition) is 1. The molecule has 0 spiro atoms. The summed E-state index contributed by atoms with van der Waals surface area (Å²) in [6, 6.07) is 6.07. The van der Waals surface area contributed by atoms with Gasteiger partial charge >= 0.3 is 0 Å². The van der Waals surface area contributed by atoms with E-state index in [4.69, 9.17) is 0 Å². The lowest BCUT2D eigenvalue weighted by atomic mass is 10.1. The van der Waals surface area contributed by atoms with Crippen LogP contribution in [0.5, 0.6) is 0 Å². The molecule has 1 nitrogen and oxygen atoms in total. The van der Waals surface area contributed by atoms with Crippen LogP contribution in [0, 0.1) is 13.8 Å². The van der Waals surface area contributed by atoms with Crippen LogP contribution >= 0.6 is 0 Å². The van der Waals surface area contributed by atoms with Gasteiger partial charge in [-0.05, 0) is 36.6 Å². The average Bonchev–Trinajstić information content (AvgIpc) is 2.07. The van der Waals surface area contributed by atoms with Crippen LogP contribution in [0.15, 0.2) is 24.3 Å². The van der Waals surface area contributed by atoms with Gasteiger partial charge in [-0.1, -0.05) is 24.3 Å². The minimum atomic E-state index is 1.04. The maximum Gasteiger partial charge on any atom is 0.225 e. The molecule has 61 valence electrons. The molecule has 0 amide bonds. The quantitative estimate of drug-likeness (QED) is 0.606. The molecular weight excluding hydrogens is 148 g/mol. The number of aryl methyl sites for hydroxylation is 2. The zero-order valence-corrected chi connectivity index (χ0v) is 7.29. The Morgan fingerprint density at radius 3 is 2.58 bits per heavy atom. The van der Waals surface area contributed by atoms with E-state index in [1.54, 1.807) is 12.4 Å². The topological polar surface area (TPSA) is 17.1 Å². The van der Waals surface area contributed by atoms with Crippen molar-refractivity contribution < 1.29 is 4.79 Å². The lowest BCUT2D eigenvalue weighted by molar-refractivity contribution is 0.564. The number of rotatable bonds is 2. The molecule has 0 saturated heterocycles. The molecule has 0 aliphatic carbocycles. The van der Waals surface area contributed by atoms with Crippen molar-refractivity contribution in [1.82, 2.24) is 0 Å². The molecule has 0 unspecified atom stereocenters. The maximum absolute atomic E-state index is 9.92. The Morgan fingerprint density at radius 1 is 1.25 bits per heavy atom. The van der Waals surface area contributed by atoms with Gasteiger partial charge in [0.05, 0.1) is 0 Å². The predicted molar refractivity (Wildman–Crippen MR) is 50.6 cm³/mol. The van der Waals surface area contributed by atoms with Crippen molar-refractivity contribution in [2.45, 2.75) is 13.8 Å². The van der Waals surface area contributed by atoms with Crippen LogP contribution in [0.2, 0.25) is 0 Å². The molecule has 1 aromatic carbocycles. The third-order valence-corrected chi connectivity index (χ3v) is 1.87. The smallest absolute Gasteiger partial charge is 0.225 e. The molecule has 0 atom stereocenters. The van der Waals surface area contributed by atoms with Gasteiger partial charge < -0.3 is 0 Å². The SMILES string of the molecule is Cc1ccc(/C=C/[C]=O)cc1C. The third-order valence-electron chi connectivity index (χ3n) is 1.87. The molecule has 1 aromatic rings. The van der Waals surface area contributed by atoms with Gasteiger partial charge in [0.15, 0.2) is 0 Å².